The summed E-state index contributed by atoms with van der Waals surface area (Å²) in [5.74, 6) is 0.0533. The molecule has 4 heterocycles. The number of anilines is 4. The van der Waals surface area contributed by atoms with Gasteiger partial charge in [0.2, 0.25) is 0 Å². The fourth-order valence-corrected chi connectivity index (χ4v) is 10.4. The first kappa shape index (κ1) is 46.3. The van der Waals surface area contributed by atoms with Crippen molar-refractivity contribution in [1.82, 2.24) is 19.8 Å². The van der Waals surface area contributed by atoms with Gasteiger partial charge in [0.15, 0.2) is 17.4 Å². The monoisotopic (exact) mass is 919 g/mol. The number of halogens is 1. The van der Waals surface area contributed by atoms with E-state index < -0.39 is 5.78 Å². The van der Waals surface area contributed by atoms with E-state index in [0.29, 0.717) is 39.1 Å². The van der Waals surface area contributed by atoms with Crippen LogP contribution in [0.25, 0.3) is 0 Å². The number of amidine groups is 2. The highest BCUT2D eigenvalue weighted by Crippen LogP contribution is 2.43. The van der Waals surface area contributed by atoms with Crippen LogP contribution in [0.3, 0.4) is 0 Å². The van der Waals surface area contributed by atoms with Crippen molar-refractivity contribution >= 4 is 63.8 Å². The third-order valence-corrected chi connectivity index (χ3v) is 15.1. The van der Waals surface area contributed by atoms with Gasteiger partial charge in [-0.15, -0.1) is 0 Å². The van der Waals surface area contributed by atoms with E-state index in [1.165, 1.54) is 47.3 Å². The lowest BCUT2D eigenvalue weighted by Gasteiger charge is -2.48. The summed E-state index contributed by atoms with van der Waals surface area (Å²) in [6, 6.07) is 16.9. The number of phenolic OH excluding ortho intramolecular Hbond substituents is 2. The largest absolute Gasteiger partial charge is 0.508 e. The average Bonchev–Trinajstić information content (AvgIpc) is 3.23. The average molecular weight is 921 g/mol. The predicted octanol–water partition coefficient (Wildman–Crippen LogP) is 8.56. The molecule has 9 N–H and O–H groups in total. The van der Waals surface area contributed by atoms with Crippen molar-refractivity contribution in [2.45, 2.75) is 107 Å². The van der Waals surface area contributed by atoms with Crippen molar-refractivity contribution < 1.29 is 15.0 Å². The number of hydrogen-bond donors (Lipinski definition) is 7. The Hall–Kier alpha value is -5.19. The number of aromatic hydroxyl groups is 2. The summed E-state index contributed by atoms with van der Waals surface area (Å²) in [5, 5.41) is 43.7. The Morgan fingerprint density at radius 2 is 1.72 bits per heavy atom. The lowest BCUT2D eigenvalue weighted by Crippen LogP contribution is -2.60. The molecule has 4 fully saturated rings. The van der Waals surface area contributed by atoms with Gasteiger partial charge in [-0.3, -0.25) is 30.3 Å². The maximum atomic E-state index is 12.4. The number of nitrogens with one attached hydrogen (secondary N) is 3. The summed E-state index contributed by atoms with van der Waals surface area (Å²) in [6.07, 6.45) is 9.20. The van der Waals surface area contributed by atoms with Crippen LogP contribution in [0, 0.1) is 16.7 Å². The number of carbonyl (C=O) groups excluding carboxylic acids is 1. The zero-order valence-electron chi connectivity index (χ0n) is 37.8. The van der Waals surface area contributed by atoms with Crippen LogP contribution in [0.5, 0.6) is 11.5 Å². The van der Waals surface area contributed by atoms with Gasteiger partial charge in [0.05, 0.1) is 22.5 Å². The number of aromatic nitrogens is 2. The Kier molecular flexibility index (Phi) is 13.8. The third-order valence-electron chi connectivity index (χ3n) is 13.6. The van der Waals surface area contributed by atoms with Gasteiger partial charge >= 0.3 is 0 Å². The number of hydrogen-bond acceptors (Lipinski definition) is 14. The molecule has 4 aliphatic rings. The molecule has 3 saturated heterocycles. The minimum Gasteiger partial charge on any atom is -0.508 e. The molecule has 3 aromatic carbocycles. The number of Topliss-reactive ketones (excluding diaryl/α,β-unsaturated/α-hetero) is 1. The Morgan fingerprint density at radius 1 is 1.03 bits per heavy atom. The standard InChI is InChI=1S/C49H62ClN11O3S/c1-29(2)36-23-37(40(64)24-39(36)63)47(53)61(46(52)30(3)62)34-13-11-31(12-14-34)26-58-27-35(28-58)59-19-15-33(16-20-59)44(32-7-5-8-32)56-38-9-6-10-41(43(38)50)65-48-45(51)57-42(25-55-48)60-21-17-49(4,54)18-22-60/h6,9-14,23-25,29,33,35,52-53,56,63-64H,5,7-8,15-22,26-28,54H2,1-4H3,(H2,51,57). The number of ketones is 1. The Labute approximate surface area is 391 Å². The zero-order chi connectivity index (χ0) is 46.2. The number of piperidine rings is 2. The first-order valence-corrected chi connectivity index (χ1v) is 24.0. The normalized spacial score (nSPS) is 18.3. The molecular weight excluding hydrogens is 858 g/mol. The van der Waals surface area contributed by atoms with Crippen LogP contribution >= 0.6 is 23.4 Å². The SMILES string of the molecule is CC(=O)C(=N)N(C(=N)c1cc(C(C)C)c(O)cc1O)c1ccc(CN2CC(N3CCC(C(Nc4cccc(Sc5ncc(N6CCC(C)(N)CC6)nc5N)c4Cl)=C4CCC4)CC3)C2)cc1. The van der Waals surface area contributed by atoms with E-state index in [0.717, 1.165) is 106 Å². The van der Waals surface area contributed by atoms with Crippen molar-refractivity contribution in [2.75, 3.05) is 60.1 Å². The number of rotatable bonds is 13. The van der Waals surface area contributed by atoms with Crippen molar-refractivity contribution in [2.24, 2.45) is 11.7 Å². The summed E-state index contributed by atoms with van der Waals surface area (Å²) in [5.41, 5.74) is 18.7. The molecule has 0 radical (unpaired) electrons. The number of nitrogens with zero attached hydrogens (tertiary/aromatic N) is 6. The van der Waals surface area contributed by atoms with E-state index in [9.17, 15) is 15.0 Å². The first-order chi connectivity index (χ1) is 31.0. The van der Waals surface area contributed by atoms with Crippen LogP contribution in [0.4, 0.5) is 23.0 Å². The zero-order valence-corrected chi connectivity index (χ0v) is 39.4. The molecule has 1 aliphatic carbocycles. The van der Waals surface area contributed by atoms with E-state index in [-0.39, 0.29) is 40.2 Å². The molecule has 3 aliphatic heterocycles. The van der Waals surface area contributed by atoms with Gasteiger partial charge in [0.25, 0.3) is 0 Å². The number of nitrogens with two attached hydrogens (primary N) is 2. The van der Waals surface area contributed by atoms with E-state index in [2.05, 4.69) is 33.0 Å². The lowest BCUT2D eigenvalue weighted by atomic mass is 9.82. The molecule has 65 heavy (non-hydrogen) atoms. The van der Waals surface area contributed by atoms with Gasteiger partial charge < -0.3 is 31.9 Å². The highest BCUT2D eigenvalue weighted by atomic mass is 35.5. The number of phenols is 2. The number of allylic oxidation sites excluding steroid dienone is 2. The summed E-state index contributed by atoms with van der Waals surface area (Å²) < 4.78 is 0. The summed E-state index contributed by atoms with van der Waals surface area (Å²) in [6.45, 7) is 13.6. The highest BCUT2D eigenvalue weighted by molar-refractivity contribution is 7.99. The third kappa shape index (κ3) is 10.3. The Balaban J connectivity index is 0.850. The molecule has 4 aromatic rings. The fraction of sp³-hybridized carbons (Fsp3) is 0.449. The van der Waals surface area contributed by atoms with Gasteiger partial charge in [-0.2, -0.15) is 0 Å². The van der Waals surface area contributed by atoms with E-state index >= 15 is 0 Å². The van der Waals surface area contributed by atoms with Crippen molar-refractivity contribution in [3.63, 3.8) is 0 Å². The van der Waals surface area contributed by atoms with Crippen molar-refractivity contribution in [3.05, 3.63) is 93.8 Å². The quantitative estimate of drug-likeness (QED) is 0.0496. The second-order valence-electron chi connectivity index (χ2n) is 18.8. The van der Waals surface area contributed by atoms with Crippen LogP contribution in [0.2, 0.25) is 5.02 Å². The lowest BCUT2D eigenvalue weighted by molar-refractivity contribution is -0.111. The van der Waals surface area contributed by atoms with Crippen LogP contribution in [0.1, 0.15) is 95.2 Å². The molecule has 0 unspecified atom stereocenters. The van der Waals surface area contributed by atoms with Gasteiger partial charge in [0, 0.05) is 79.5 Å². The topological polar surface area (TPSA) is 208 Å². The van der Waals surface area contributed by atoms with Gasteiger partial charge in [-0.05, 0) is 112 Å². The Bertz CT molecular complexity index is 2470. The van der Waals surface area contributed by atoms with Crippen LogP contribution in [0.15, 0.2) is 82.0 Å². The summed E-state index contributed by atoms with van der Waals surface area (Å²) >= 11 is 8.57. The maximum absolute atomic E-state index is 12.4. The van der Waals surface area contributed by atoms with Crippen LogP contribution in [-0.2, 0) is 11.3 Å². The van der Waals surface area contributed by atoms with Gasteiger partial charge in [-0.1, -0.05) is 61.0 Å². The van der Waals surface area contributed by atoms with Crippen LogP contribution in [-0.4, -0.2) is 98.3 Å². The minimum absolute atomic E-state index is 0.0666. The highest BCUT2D eigenvalue weighted by Gasteiger charge is 2.36. The number of nitrogen functional groups attached to an aromatic ring is 1. The molecule has 0 atom stereocenters. The fourth-order valence-electron chi connectivity index (χ4n) is 9.26. The Morgan fingerprint density at radius 3 is 2.34 bits per heavy atom. The minimum atomic E-state index is -0.511. The van der Waals surface area contributed by atoms with Crippen molar-refractivity contribution in [3.8, 4) is 11.5 Å². The summed E-state index contributed by atoms with van der Waals surface area (Å²) in [7, 11) is 0. The van der Waals surface area contributed by atoms with Gasteiger partial charge in [0.1, 0.15) is 28.2 Å². The molecule has 0 amide bonds. The maximum Gasteiger partial charge on any atom is 0.195 e. The van der Waals surface area contributed by atoms with E-state index in [1.54, 1.807) is 12.3 Å². The number of likely N-dealkylation sites (tertiary alicyclic amines) is 2. The second kappa shape index (κ2) is 19.3. The molecule has 344 valence electrons. The smallest absolute Gasteiger partial charge is 0.195 e. The first-order valence-electron chi connectivity index (χ1n) is 22.8. The molecule has 1 aromatic heterocycles. The van der Waals surface area contributed by atoms with Gasteiger partial charge in [-0.25, -0.2) is 9.97 Å². The second-order valence-corrected chi connectivity index (χ2v) is 20.2. The molecule has 8 rings (SSSR count). The summed E-state index contributed by atoms with van der Waals surface area (Å²) in [4.78, 5) is 31.2. The number of carbonyl (C=O) groups is 1. The van der Waals surface area contributed by atoms with Crippen molar-refractivity contribution in [1.29, 1.82) is 10.8 Å². The van der Waals surface area contributed by atoms with E-state index in [4.69, 9.17) is 43.9 Å². The molecule has 1 saturated carbocycles. The van der Waals surface area contributed by atoms with Crippen LogP contribution < -0.4 is 26.6 Å². The van der Waals surface area contributed by atoms with E-state index in [1.807, 2.05) is 50.2 Å². The molecule has 16 heteroatoms. The molecule has 14 nitrogen and oxygen atoms in total. The predicted molar refractivity (Wildman–Crippen MR) is 262 cm³/mol. The molecule has 0 bridgehead atoms. The molecule has 0 spiro atoms. The number of benzene rings is 3. The molecular formula is C49H62ClN11O3S.